The first-order valence-electron chi connectivity index (χ1n) is 40.1. The van der Waals surface area contributed by atoms with Crippen LogP contribution in [0.2, 0.25) is 0 Å². The highest BCUT2D eigenvalue weighted by Crippen LogP contribution is 2.45. The van der Waals surface area contributed by atoms with Crippen molar-refractivity contribution in [2.24, 2.45) is 0 Å². The molecule has 0 aromatic heterocycles. The fourth-order valence-corrected chi connectivity index (χ4v) is 11.7. The Hall–Kier alpha value is -5.06. The minimum atomic E-state index is -5.01. The largest absolute Gasteiger partial charge is 0.472 e. The number of rotatable bonds is 74. The number of esters is 4. The van der Waals surface area contributed by atoms with Crippen LogP contribution in [0.25, 0.3) is 0 Å². The van der Waals surface area contributed by atoms with E-state index in [2.05, 4.69) is 137 Å². The Labute approximate surface area is 630 Å². The monoisotopic (exact) mass is 1500 g/mol. The molecule has 0 aliphatic carbocycles. The van der Waals surface area contributed by atoms with Crippen LogP contribution in [-0.4, -0.2) is 96.7 Å². The lowest BCUT2D eigenvalue weighted by Crippen LogP contribution is -2.30. The number of hydrogen-bond acceptors (Lipinski definition) is 15. The molecule has 0 amide bonds. The quantitative estimate of drug-likeness (QED) is 0.0169. The molecule has 0 aliphatic heterocycles. The Bertz CT molecular complexity index is 2540. The van der Waals surface area contributed by atoms with Crippen LogP contribution in [0.5, 0.6) is 0 Å². The second-order valence-electron chi connectivity index (χ2n) is 26.3. The molecule has 0 heterocycles. The van der Waals surface area contributed by atoms with Gasteiger partial charge in [-0.2, -0.15) is 0 Å². The van der Waals surface area contributed by atoms with E-state index in [1.807, 2.05) is 36.5 Å². The molecule has 0 rings (SSSR count). The molecule has 0 spiro atoms. The number of ether oxygens (including phenoxy) is 4. The maximum Gasteiger partial charge on any atom is 0.472 e. The van der Waals surface area contributed by atoms with Crippen LogP contribution in [0, 0.1) is 0 Å². The van der Waals surface area contributed by atoms with E-state index in [0.717, 1.165) is 128 Å². The second kappa shape index (κ2) is 76.1. The molecule has 5 atom stereocenters. The number of aliphatic hydroxyl groups excluding tert-OH is 1. The zero-order valence-electron chi connectivity index (χ0n) is 64.9. The van der Waals surface area contributed by atoms with Gasteiger partial charge in [0.15, 0.2) is 12.2 Å². The van der Waals surface area contributed by atoms with Gasteiger partial charge < -0.3 is 33.8 Å². The van der Waals surface area contributed by atoms with Crippen LogP contribution < -0.4 is 0 Å². The molecular weight excluding hydrogens is 1350 g/mol. The van der Waals surface area contributed by atoms with Gasteiger partial charge in [-0.05, 0) is 154 Å². The van der Waals surface area contributed by atoms with Crippen LogP contribution in [0.3, 0.4) is 0 Å². The zero-order valence-corrected chi connectivity index (χ0v) is 66.7. The summed E-state index contributed by atoms with van der Waals surface area (Å²) in [6, 6.07) is 0. The van der Waals surface area contributed by atoms with Crippen molar-refractivity contribution < 1.29 is 80.2 Å². The topological polar surface area (TPSA) is 237 Å². The molecular formula is C85H142O17P2. The normalized spacial score (nSPS) is 14.6. The Kier molecular flexibility index (Phi) is 72.4. The predicted molar refractivity (Wildman–Crippen MR) is 427 cm³/mol. The summed E-state index contributed by atoms with van der Waals surface area (Å²) in [6.45, 7) is 4.59. The van der Waals surface area contributed by atoms with E-state index in [-0.39, 0.29) is 25.7 Å². The van der Waals surface area contributed by atoms with E-state index >= 15 is 0 Å². The molecule has 0 saturated carbocycles. The summed E-state index contributed by atoms with van der Waals surface area (Å²) in [5.74, 6) is -2.39. The number of hydrogen-bond donors (Lipinski definition) is 3. The maximum atomic E-state index is 13.1. The van der Waals surface area contributed by atoms with E-state index in [1.54, 1.807) is 0 Å². The lowest BCUT2D eigenvalue weighted by atomic mass is 10.1. The number of allylic oxidation sites excluding steroid dienone is 24. The molecule has 0 radical (unpaired) electrons. The minimum Gasteiger partial charge on any atom is -0.462 e. The van der Waals surface area contributed by atoms with E-state index < -0.39 is 97.5 Å². The van der Waals surface area contributed by atoms with Crippen LogP contribution in [0.1, 0.15) is 310 Å². The molecule has 0 saturated heterocycles. The summed E-state index contributed by atoms with van der Waals surface area (Å²) in [5, 5.41) is 10.6. The lowest BCUT2D eigenvalue weighted by molar-refractivity contribution is -0.161. The van der Waals surface area contributed by atoms with Gasteiger partial charge in [-0.3, -0.25) is 37.3 Å². The second-order valence-corrected chi connectivity index (χ2v) is 29.2. The number of unbranched alkanes of at least 4 members (excludes halogenated alkanes) is 24. The molecule has 594 valence electrons. The lowest BCUT2D eigenvalue weighted by Gasteiger charge is -2.21. The predicted octanol–water partition coefficient (Wildman–Crippen LogP) is 23.4. The first kappa shape index (κ1) is 98.9. The highest BCUT2D eigenvalue weighted by atomic mass is 31.2. The molecule has 17 nitrogen and oxygen atoms in total. The van der Waals surface area contributed by atoms with Crippen molar-refractivity contribution in [3.63, 3.8) is 0 Å². The smallest absolute Gasteiger partial charge is 0.462 e. The van der Waals surface area contributed by atoms with Crippen molar-refractivity contribution in [2.75, 3.05) is 39.6 Å². The molecule has 0 bridgehead atoms. The van der Waals surface area contributed by atoms with Crippen molar-refractivity contribution in [1.29, 1.82) is 0 Å². The summed E-state index contributed by atoms with van der Waals surface area (Å²) in [7, 11) is -10.0. The molecule has 0 aliphatic rings. The van der Waals surface area contributed by atoms with Gasteiger partial charge in [-0.15, -0.1) is 0 Å². The maximum absolute atomic E-state index is 13.1. The van der Waals surface area contributed by atoms with Gasteiger partial charge in [-0.25, -0.2) is 9.13 Å². The minimum absolute atomic E-state index is 0.0314. The van der Waals surface area contributed by atoms with Gasteiger partial charge in [0, 0.05) is 25.7 Å². The van der Waals surface area contributed by atoms with Crippen LogP contribution in [0.15, 0.2) is 146 Å². The van der Waals surface area contributed by atoms with Crippen molar-refractivity contribution in [3.8, 4) is 0 Å². The van der Waals surface area contributed by atoms with Crippen LogP contribution >= 0.6 is 15.6 Å². The zero-order chi connectivity index (χ0) is 76.0. The first-order chi connectivity index (χ1) is 50.7. The van der Waals surface area contributed by atoms with Gasteiger partial charge >= 0.3 is 39.5 Å². The van der Waals surface area contributed by atoms with Crippen molar-refractivity contribution >= 4 is 39.5 Å². The average molecular weight is 1500 g/mol. The summed E-state index contributed by atoms with van der Waals surface area (Å²) >= 11 is 0. The van der Waals surface area contributed by atoms with Crippen molar-refractivity contribution in [1.82, 2.24) is 0 Å². The number of carbonyl (C=O) groups excluding carboxylic acids is 4. The van der Waals surface area contributed by atoms with Crippen LogP contribution in [0.4, 0.5) is 0 Å². The highest BCUT2D eigenvalue weighted by Gasteiger charge is 2.30. The van der Waals surface area contributed by atoms with Crippen LogP contribution in [-0.2, 0) is 65.4 Å². The Morgan fingerprint density at radius 1 is 0.269 bits per heavy atom. The summed E-state index contributed by atoms with van der Waals surface area (Å²) < 4.78 is 68.4. The van der Waals surface area contributed by atoms with E-state index in [1.165, 1.54) is 89.9 Å². The fraction of sp³-hybridized carbons (Fsp3) is 0.671. The molecule has 19 heteroatoms. The molecule has 2 unspecified atom stereocenters. The van der Waals surface area contributed by atoms with E-state index in [9.17, 15) is 43.2 Å². The van der Waals surface area contributed by atoms with E-state index in [4.69, 9.17) is 37.0 Å². The van der Waals surface area contributed by atoms with Gasteiger partial charge in [0.25, 0.3) is 0 Å². The standard InChI is InChI=1S/C85H142O17P2/c1-5-9-13-17-21-25-29-33-35-37-39-41-43-47-50-54-58-62-66-70-83(88)96-76-80(101-84(89)71-67-63-59-55-51-46-32-28-24-20-16-12-8-4)77-99-103(91,92)97-73-79(86)74-98-104(93,94)100-78-81(75-95-82(87)69-65-61-57-53-49-45-31-27-23-19-15-11-7-3)102-85(90)72-68-64-60-56-52-48-44-42-40-38-36-34-30-26-22-18-14-10-6-2/h21-22,25-28,31-36,39-42,47-48,50,52,58,60,62,64,79-81,86H,5-20,23-24,29-30,37-38,43-46,49,51,53-57,59,61,63,65-78H2,1-4H3,(H,91,92)(H,93,94)/b25-21-,26-22-,31-27-,32-28-,35-33-,36-34-,41-39-,42-40-,50-47-,52-48-,62-58-,64-60-/t79-,80-,81-/m1/s1. The number of phosphoric acid groups is 2. The summed E-state index contributed by atoms with van der Waals surface area (Å²) in [4.78, 5) is 72.9. The Morgan fingerprint density at radius 2 is 0.490 bits per heavy atom. The SMILES string of the molecule is CCCCC/C=C\C/C=C\C/C=C\C/C=C\C/C=C\CCC(=O)OC[C@H](COP(=O)(O)OC[C@@H](O)COP(=O)(O)OC[C@@H](COC(=O)CCCCCCC/C=C\CCCCCC)OC(=O)CC/C=C\C/C=C\C/C=C\C/C=C\C/C=C\CCCCC)OC(=O)CCCCCCC/C=C\CCCCCC. The summed E-state index contributed by atoms with van der Waals surface area (Å²) in [5.41, 5.74) is 0. The third-order valence-electron chi connectivity index (χ3n) is 16.3. The number of aliphatic hydroxyl groups is 1. The molecule has 104 heavy (non-hydrogen) atoms. The third kappa shape index (κ3) is 75.2. The molecule has 0 aromatic rings. The van der Waals surface area contributed by atoms with E-state index in [0.29, 0.717) is 38.5 Å². The first-order valence-corrected chi connectivity index (χ1v) is 43.1. The fourth-order valence-electron chi connectivity index (χ4n) is 10.1. The molecule has 0 fully saturated rings. The van der Waals surface area contributed by atoms with Gasteiger partial charge in [0.1, 0.15) is 19.3 Å². The summed E-state index contributed by atoms with van der Waals surface area (Å²) in [6.07, 6.45) is 87.2. The van der Waals surface area contributed by atoms with Crippen molar-refractivity contribution in [3.05, 3.63) is 146 Å². The Morgan fingerprint density at radius 3 is 0.827 bits per heavy atom. The average Bonchev–Trinajstić information content (AvgIpc) is 0.926. The van der Waals surface area contributed by atoms with Gasteiger partial charge in [0.05, 0.1) is 26.4 Å². The number of carbonyl (C=O) groups is 4. The third-order valence-corrected chi connectivity index (χ3v) is 18.2. The number of phosphoric ester groups is 2. The van der Waals surface area contributed by atoms with Crippen molar-refractivity contribution in [2.45, 2.75) is 329 Å². The Balaban J connectivity index is 5.49. The van der Waals surface area contributed by atoms with Gasteiger partial charge in [-0.1, -0.05) is 276 Å². The highest BCUT2D eigenvalue weighted by molar-refractivity contribution is 7.47. The molecule has 3 N–H and O–H groups in total. The molecule has 0 aromatic carbocycles. The van der Waals surface area contributed by atoms with Gasteiger partial charge in [0.2, 0.25) is 0 Å².